The van der Waals surface area contributed by atoms with E-state index in [-0.39, 0.29) is 11.7 Å². The van der Waals surface area contributed by atoms with Crippen molar-refractivity contribution in [3.63, 3.8) is 0 Å². The number of halogens is 2. The molecule has 0 fully saturated rings. The summed E-state index contributed by atoms with van der Waals surface area (Å²) in [6.07, 6.45) is 1.85. The molecule has 7 heteroatoms. The molecule has 0 radical (unpaired) electrons. The van der Waals surface area contributed by atoms with Crippen molar-refractivity contribution in [3.8, 4) is 11.3 Å². The van der Waals surface area contributed by atoms with Crippen molar-refractivity contribution < 1.29 is 9.18 Å². The molecule has 0 unspecified atom stereocenters. The first-order valence-corrected chi connectivity index (χ1v) is 9.02. The van der Waals surface area contributed by atoms with Gasteiger partial charge in [-0.15, -0.1) is 0 Å². The van der Waals surface area contributed by atoms with Crippen LogP contribution in [0.3, 0.4) is 0 Å². The number of fused-ring (bicyclic) bond motifs is 1. The predicted octanol–water partition coefficient (Wildman–Crippen LogP) is 5.42. The highest BCUT2D eigenvalue weighted by Crippen LogP contribution is 2.28. The highest BCUT2D eigenvalue weighted by molar-refractivity contribution is 7.19. The molecule has 0 saturated carbocycles. The highest BCUT2D eigenvalue weighted by atomic mass is 35.5. The van der Waals surface area contributed by atoms with Crippen LogP contribution >= 0.6 is 22.9 Å². The number of aryl methyl sites for hydroxylation is 1. The Kier molecular flexibility index (Phi) is 4.22. The summed E-state index contributed by atoms with van der Waals surface area (Å²) in [6.45, 7) is 1.87. The number of benzene rings is 2. The molecule has 4 rings (SSSR count). The molecular formula is C19H13ClFN3OS. The van der Waals surface area contributed by atoms with Gasteiger partial charge in [-0.3, -0.25) is 9.20 Å². The number of hydrogen-bond donors (Lipinski definition) is 1. The second kappa shape index (κ2) is 6.55. The van der Waals surface area contributed by atoms with E-state index in [0.29, 0.717) is 20.5 Å². The molecule has 4 aromatic rings. The number of carbonyl (C=O) groups is 1. The lowest BCUT2D eigenvalue weighted by atomic mass is 10.2. The Morgan fingerprint density at radius 1 is 1.15 bits per heavy atom. The van der Waals surface area contributed by atoms with Gasteiger partial charge in [0.05, 0.1) is 5.69 Å². The minimum absolute atomic E-state index is 0.191. The molecular weight excluding hydrogens is 373 g/mol. The summed E-state index contributed by atoms with van der Waals surface area (Å²) in [5.41, 5.74) is 3.05. The van der Waals surface area contributed by atoms with Crippen LogP contribution in [0.2, 0.25) is 5.02 Å². The molecule has 2 aromatic carbocycles. The van der Waals surface area contributed by atoms with Gasteiger partial charge in [-0.25, -0.2) is 9.37 Å². The van der Waals surface area contributed by atoms with Gasteiger partial charge >= 0.3 is 0 Å². The van der Waals surface area contributed by atoms with Gasteiger partial charge < -0.3 is 5.32 Å². The van der Waals surface area contributed by atoms with Crippen LogP contribution in [0.4, 0.5) is 10.1 Å². The first-order chi connectivity index (χ1) is 12.5. The smallest absolute Gasteiger partial charge is 0.267 e. The van der Waals surface area contributed by atoms with E-state index in [1.165, 1.54) is 23.5 Å². The zero-order valence-corrected chi connectivity index (χ0v) is 15.2. The van der Waals surface area contributed by atoms with Gasteiger partial charge in [0.15, 0.2) is 4.96 Å². The average Bonchev–Trinajstić information content (AvgIpc) is 3.17. The quantitative estimate of drug-likeness (QED) is 0.512. The van der Waals surface area contributed by atoms with Crippen molar-refractivity contribution in [3.05, 3.63) is 76.1 Å². The van der Waals surface area contributed by atoms with Crippen LogP contribution in [0.1, 0.15) is 15.4 Å². The molecule has 4 nitrogen and oxygen atoms in total. The third-order valence-electron chi connectivity index (χ3n) is 4.01. The number of nitrogens with one attached hydrogen (secondary N) is 1. The minimum atomic E-state index is -0.285. The molecule has 130 valence electrons. The van der Waals surface area contributed by atoms with Crippen LogP contribution in [-0.2, 0) is 0 Å². The second-order valence-electron chi connectivity index (χ2n) is 5.76. The molecule has 0 aliphatic heterocycles. The number of thiazole rings is 1. The van der Waals surface area contributed by atoms with Crippen LogP contribution in [0.15, 0.2) is 54.7 Å². The monoisotopic (exact) mass is 385 g/mol. The molecule has 0 bridgehead atoms. The van der Waals surface area contributed by atoms with Crippen LogP contribution in [-0.4, -0.2) is 15.3 Å². The van der Waals surface area contributed by atoms with Gasteiger partial charge in [0.2, 0.25) is 0 Å². The maximum Gasteiger partial charge on any atom is 0.267 e. The lowest BCUT2D eigenvalue weighted by molar-refractivity contribution is 0.102. The van der Waals surface area contributed by atoms with E-state index < -0.39 is 0 Å². The Morgan fingerprint density at radius 2 is 1.85 bits per heavy atom. The van der Waals surface area contributed by atoms with Gasteiger partial charge in [-0.1, -0.05) is 22.9 Å². The van der Waals surface area contributed by atoms with Crippen molar-refractivity contribution in [2.75, 3.05) is 5.32 Å². The Labute approximate surface area is 157 Å². The Morgan fingerprint density at radius 3 is 2.50 bits per heavy atom. The molecule has 0 spiro atoms. The first kappa shape index (κ1) is 16.8. The van der Waals surface area contributed by atoms with Gasteiger partial charge in [-0.2, -0.15) is 0 Å². The second-order valence-corrected chi connectivity index (χ2v) is 7.18. The zero-order valence-electron chi connectivity index (χ0n) is 13.7. The lowest BCUT2D eigenvalue weighted by Crippen LogP contribution is -2.11. The fourth-order valence-electron chi connectivity index (χ4n) is 2.64. The lowest BCUT2D eigenvalue weighted by Gasteiger charge is -2.04. The van der Waals surface area contributed by atoms with Gasteiger partial charge in [0, 0.05) is 28.2 Å². The molecule has 1 N–H and O–H groups in total. The number of amides is 1. The first-order valence-electron chi connectivity index (χ1n) is 7.82. The molecule has 0 saturated heterocycles. The number of nitrogens with zero attached hydrogens (tertiary/aromatic N) is 2. The number of carbonyl (C=O) groups excluding carboxylic acids is 1. The van der Waals surface area contributed by atoms with Crippen molar-refractivity contribution in [1.29, 1.82) is 0 Å². The van der Waals surface area contributed by atoms with Crippen molar-refractivity contribution >= 4 is 39.5 Å². The number of imidazole rings is 1. The molecule has 2 heterocycles. The maximum atomic E-state index is 13.1. The van der Waals surface area contributed by atoms with Gasteiger partial charge in [0.1, 0.15) is 10.7 Å². The highest BCUT2D eigenvalue weighted by Gasteiger charge is 2.18. The fraction of sp³-hybridized carbons (Fsp3) is 0.0526. The summed E-state index contributed by atoms with van der Waals surface area (Å²) in [5.74, 6) is -0.476. The average molecular weight is 386 g/mol. The van der Waals surface area contributed by atoms with Crippen molar-refractivity contribution in [2.45, 2.75) is 6.92 Å². The number of rotatable bonds is 3. The fourth-order valence-corrected chi connectivity index (χ4v) is 3.77. The Balaban J connectivity index is 1.63. The van der Waals surface area contributed by atoms with Crippen molar-refractivity contribution in [1.82, 2.24) is 9.38 Å². The van der Waals surface area contributed by atoms with E-state index in [4.69, 9.17) is 11.6 Å². The van der Waals surface area contributed by atoms with Crippen LogP contribution in [0.5, 0.6) is 0 Å². The summed E-state index contributed by atoms with van der Waals surface area (Å²) in [6, 6.07) is 13.1. The summed E-state index contributed by atoms with van der Waals surface area (Å²) in [5, 5.41) is 3.47. The van der Waals surface area contributed by atoms with E-state index in [9.17, 15) is 9.18 Å². The summed E-state index contributed by atoms with van der Waals surface area (Å²) < 4.78 is 15.0. The van der Waals surface area contributed by atoms with Crippen molar-refractivity contribution in [2.24, 2.45) is 0 Å². The molecule has 0 atom stereocenters. The molecule has 1 amide bonds. The van der Waals surface area contributed by atoms with Crippen LogP contribution in [0, 0.1) is 12.7 Å². The zero-order chi connectivity index (χ0) is 18.3. The standard InChI is InChI=1S/C19H13ClFN3OS/c1-11-17(18(25)22-15-8-4-13(20)5-9-15)26-19-23-16(10-24(11)19)12-2-6-14(21)7-3-12/h2-10H,1H3,(H,22,25). The van der Waals surface area contributed by atoms with Crippen LogP contribution < -0.4 is 5.32 Å². The normalized spacial score (nSPS) is 11.0. The Bertz CT molecular complexity index is 1100. The summed E-state index contributed by atoms with van der Waals surface area (Å²) in [4.78, 5) is 18.4. The molecule has 2 aromatic heterocycles. The number of hydrogen-bond acceptors (Lipinski definition) is 3. The summed E-state index contributed by atoms with van der Waals surface area (Å²) in [7, 11) is 0. The van der Waals surface area contributed by atoms with E-state index >= 15 is 0 Å². The van der Waals surface area contributed by atoms with E-state index in [1.807, 2.05) is 17.5 Å². The Hall–Kier alpha value is -2.70. The SMILES string of the molecule is Cc1c(C(=O)Nc2ccc(Cl)cc2)sc2nc(-c3ccc(F)cc3)cn12. The third-order valence-corrected chi connectivity index (χ3v) is 5.41. The minimum Gasteiger partial charge on any atom is -0.321 e. The van der Waals surface area contributed by atoms with E-state index in [0.717, 1.165) is 17.0 Å². The number of anilines is 1. The third kappa shape index (κ3) is 3.09. The topological polar surface area (TPSA) is 46.4 Å². The van der Waals surface area contributed by atoms with Gasteiger partial charge in [-0.05, 0) is 55.5 Å². The largest absolute Gasteiger partial charge is 0.321 e. The molecule has 0 aliphatic carbocycles. The summed E-state index contributed by atoms with van der Waals surface area (Å²) >= 11 is 7.17. The molecule has 26 heavy (non-hydrogen) atoms. The maximum absolute atomic E-state index is 13.1. The predicted molar refractivity (Wildman–Crippen MR) is 103 cm³/mol. The number of aromatic nitrogens is 2. The molecule has 0 aliphatic rings. The van der Waals surface area contributed by atoms with Gasteiger partial charge in [0.25, 0.3) is 5.91 Å². The van der Waals surface area contributed by atoms with E-state index in [2.05, 4.69) is 10.3 Å². The van der Waals surface area contributed by atoms with E-state index in [1.54, 1.807) is 36.4 Å². The van der Waals surface area contributed by atoms with Crippen LogP contribution in [0.25, 0.3) is 16.2 Å².